The summed E-state index contributed by atoms with van der Waals surface area (Å²) in [5, 5.41) is 18.3. The lowest BCUT2D eigenvalue weighted by atomic mass is 10.1. The predicted molar refractivity (Wildman–Crippen MR) is 142 cm³/mol. The molecule has 0 unspecified atom stereocenters. The van der Waals surface area contributed by atoms with Crippen LogP contribution in [0.2, 0.25) is 5.02 Å². The fraction of sp³-hybridized carbons (Fsp3) is 0.200. The fourth-order valence-electron chi connectivity index (χ4n) is 4.27. The van der Waals surface area contributed by atoms with Crippen LogP contribution in [0.3, 0.4) is 0 Å². The number of hydrogen-bond acceptors (Lipinski definition) is 10. The highest BCUT2D eigenvalue weighted by atomic mass is 35.5. The Balaban J connectivity index is 1.36. The predicted octanol–water partition coefficient (Wildman–Crippen LogP) is 4.99. The Hall–Kier alpha value is -4.29. The molecule has 1 atom stereocenters. The van der Waals surface area contributed by atoms with Crippen molar-refractivity contribution in [2.45, 2.75) is 13.0 Å². The van der Waals surface area contributed by atoms with Crippen molar-refractivity contribution in [1.82, 2.24) is 25.1 Å². The molecule has 3 aromatic heterocycles. The van der Waals surface area contributed by atoms with Gasteiger partial charge in [-0.2, -0.15) is 10.2 Å². The second-order valence-corrected chi connectivity index (χ2v) is 9.93. The van der Waals surface area contributed by atoms with Crippen molar-refractivity contribution in [2.24, 2.45) is 0 Å². The average Bonchev–Trinajstić information content (AvgIpc) is 3.37. The lowest BCUT2D eigenvalue weighted by molar-refractivity contribution is 0.0962. The van der Waals surface area contributed by atoms with Crippen molar-refractivity contribution < 1.29 is 24.1 Å². The first-order valence-corrected chi connectivity index (χ1v) is 12.6. The normalized spacial score (nSPS) is 14.6. The second kappa shape index (κ2) is 9.54. The molecule has 1 aliphatic rings. The third-order valence-electron chi connectivity index (χ3n) is 5.95. The molecule has 0 spiro atoms. The number of hydrogen-bond donors (Lipinski definition) is 1. The molecule has 1 amide bonds. The van der Waals surface area contributed by atoms with Crippen LogP contribution in [-0.2, 0) is 0 Å². The van der Waals surface area contributed by atoms with E-state index >= 15 is 0 Å². The van der Waals surface area contributed by atoms with Crippen molar-refractivity contribution in [2.75, 3.05) is 25.2 Å². The zero-order chi connectivity index (χ0) is 26.4. The van der Waals surface area contributed by atoms with E-state index in [9.17, 15) is 9.90 Å². The van der Waals surface area contributed by atoms with Crippen LogP contribution in [0.1, 0.15) is 5.56 Å². The summed E-state index contributed by atoms with van der Waals surface area (Å²) in [6, 6.07) is 7.15. The molecule has 0 fully saturated rings. The molecule has 5 aromatic rings. The number of carbonyl (C=O) groups is 1. The summed E-state index contributed by atoms with van der Waals surface area (Å²) in [7, 11) is 1.55. The zero-order valence-corrected chi connectivity index (χ0v) is 21.7. The lowest BCUT2D eigenvalue weighted by Crippen LogP contribution is -2.43. The van der Waals surface area contributed by atoms with Crippen LogP contribution in [-0.4, -0.2) is 62.7 Å². The number of carboxylic acid groups (broad SMARTS) is 1. The number of ether oxygens (including phenoxy) is 3. The molecule has 192 valence electrons. The summed E-state index contributed by atoms with van der Waals surface area (Å²) in [6.07, 6.45) is 2.66. The van der Waals surface area contributed by atoms with E-state index in [4.69, 9.17) is 30.8 Å². The van der Waals surface area contributed by atoms with Crippen molar-refractivity contribution in [3.05, 3.63) is 53.4 Å². The first kappa shape index (κ1) is 24.1. The number of thiazole rings is 1. The van der Waals surface area contributed by atoms with Crippen LogP contribution in [0.5, 0.6) is 17.4 Å². The number of benzene rings is 2. The van der Waals surface area contributed by atoms with Gasteiger partial charge in [-0.25, -0.2) is 19.7 Å². The first-order valence-electron chi connectivity index (χ1n) is 11.4. The van der Waals surface area contributed by atoms with Crippen molar-refractivity contribution in [1.29, 1.82) is 0 Å². The smallest absolute Gasteiger partial charge is 0.411 e. The summed E-state index contributed by atoms with van der Waals surface area (Å²) in [5.74, 6) is 1.37. The fourth-order valence-corrected chi connectivity index (χ4v) is 5.66. The highest BCUT2D eigenvalue weighted by Gasteiger charge is 2.30. The average molecular weight is 551 g/mol. The van der Waals surface area contributed by atoms with Crippen LogP contribution < -0.4 is 19.1 Å². The Bertz CT molecular complexity index is 1700. The summed E-state index contributed by atoms with van der Waals surface area (Å²) in [4.78, 5) is 26.9. The minimum absolute atomic E-state index is 0.0292. The van der Waals surface area contributed by atoms with Gasteiger partial charge in [-0.15, -0.1) is 11.3 Å². The van der Waals surface area contributed by atoms with E-state index in [2.05, 4.69) is 20.2 Å². The standard InChI is InChI=1S/C25H19ClN6O5S/c1-12-5-15(20-17(6-12)30-19(35-2)9-27-20)24-31-21-16(26)7-18-22(23(21)38-24)36-11-14(37-18)10-32(25(33)34)13-3-4-28-29-8-13/h3-9,14H,10-11H2,1-2H3,(H,33,34)/t14-/m1/s1. The minimum atomic E-state index is -1.14. The van der Waals surface area contributed by atoms with Crippen molar-refractivity contribution >= 4 is 56.0 Å². The van der Waals surface area contributed by atoms with Crippen LogP contribution in [0.4, 0.5) is 10.5 Å². The van der Waals surface area contributed by atoms with Gasteiger partial charge in [0.2, 0.25) is 5.88 Å². The molecular formula is C25H19ClN6O5S. The van der Waals surface area contributed by atoms with E-state index in [0.29, 0.717) is 49.6 Å². The Kier molecular flexibility index (Phi) is 6.04. The van der Waals surface area contributed by atoms with Crippen molar-refractivity contribution in [3.63, 3.8) is 0 Å². The van der Waals surface area contributed by atoms with Gasteiger partial charge in [-0.3, -0.25) is 4.90 Å². The number of aryl methyl sites for hydroxylation is 1. The summed E-state index contributed by atoms with van der Waals surface area (Å²) in [6.45, 7) is 2.14. The highest BCUT2D eigenvalue weighted by Crippen LogP contribution is 2.47. The van der Waals surface area contributed by atoms with Crippen LogP contribution in [0.15, 0.2) is 42.9 Å². The number of amides is 1. The quantitative estimate of drug-likeness (QED) is 0.319. The maximum absolute atomic E-state index is 11.9. The molecule has 0 radical (unpaired) electrons. The summed E-state index contributed by atoms with van der Waals surface area (Å²) in [5.41, 5.74) is 4.17. The maximum atomic E-state index is 11.9. The number of anilines is 1. The van der Waals surface area contributed by atoms with Crippen LogP contribution in [0, 0.1) is 6.92 Å². The number of halogens is 1. The molecule has 0 saturated heterocycles. The van der Waals surface area contributed by atoms with Gasteiger partial charge in [0, 0.05) is 11.6 Å². The Morgan fingerprint density at radius 2 is 2.11 bits per heavy atom. The van der Waals surface area contributed by atoms with E-state index in [-0.39, 0.29) is 13.2 Å². The first-order chi connectivity index (χ1) is 18.4. The van der Waals surface area contributed by atoms with Gasteiger partial charge >= 0.3 is 6.09 Å². The largest absolute Gasteiger partial charge is 0.484 e. The molecule has 4 heterocycles. The highest BCUT2D eigenvalue weighted by molar-refractivity contribution is 7.22. The number of fused-ring (bicyclic) bond motifs is 4. The van der Waals surface area contributed by atoms with E-state index in [1.807, 2.05) is 19.1 Å². The monoisotopic (exact) mass is 550 g/mol. The number of methoxy groups -OCH3 is 1. The van der Waals surface area contributed by atoms with E-state index in [0.717, 1.165) is 20.7 Å². The molecule has 11 nitrogen and oxygen atoms in total. The van der Waals surface area contributed by atoms with Gasteiger partial charge < -0.3 is 19.3 Å². The summed E-state index contributed by atoms with van der Waals surface area (Å²) >= 11 is 8.04. The molecule has 0 saturated carbocycles. The van der Waals surface area contributed by atoms with Gasteiger partial charge in [-0.1, -0.05) is 11.6 Å². The van der Waals surface area contributed by atoms with Crippen molar-refractivity contribution in [3.8, 4) is 28.0 Å². The Labute approximate surface area is 224 Å². The molecule has 13 heteroatoms. The lowest BCUT2D eigenvalue weighted by Gasteiger charge is -2.30. The van der Waals surface area contributed by atoms with Crippen LogP contribution in [0.25, 0.3) is 31.8 Å². The zero-order valence-electron chi connectivity index (χ0n) is 20.1. The number of nitrogens with zero attached hydrogens (tertiary/aromatic N) is 6. The van der Waals surface area contributed by atoms with E-state index < -0.39 is 12.2 Å². The van der Waals surface area contributed by atoms with E-state index in [1.165, 1.54) is 23.7 Å². The molecule has 38 heavy (non-hydrogen) atoms. The van der Waals surface area contributed by atoms with Gasteiger partial charge in [0.25, 0.3) is 0 Å². The van der Waals surface area contributed by atoms with E-state index in [1.54, 1.807) is 25.4 Å². The van der Waals surface area contributed by atoms with Crippen LogP contribution >= 0.6 is 22.9 Å². The third-order valence-corrected chi connectivity index (χ3v) is 7.33. The van der Waals surface area contributed by atoms with Gasteiger partial charge in [-0.05, 0) is 30.7 Å². The second-order valence-electron chi connectivity index (χ2n) is 8.52. The van der Waals surface area contributed by atoms with Gasteiger partial charge in [0.15, 0.2) is 17.6 Å². The molecule has 0 aliphatic carbocycles. The SMILES string of the molecule is COc1cnc2c(-c3nc4c(Cl)cc5c(c4s3)OC[C@@H](CN(C(=O)O)c3ccnnc3)O5)cc(C)cc2n1. The topological polar surface area (TPSA) is 133 Å². The summed E-state index contributed by atoms with van der Waals surface area (Å²) < 4.78 is 18.2. The molecular weight excluding hydrogens is 532 g/mol. The van der Waals surface area contributed by atoms with Gasteiger partial charge in [0.1, 0.15) is 21.8 Å². The molecule has 1 aliphatic heterocycles. The Morgan fingerprint density at radius 1 is 1.24 bits per heavy atom. The number of rotatable bonds is 5. The number of aromatic nitrogens is 5. The molecule has 0 bridgehead atoms. The Morgan fingerprint density at radius 3 is 2.87 bits per heavy atom. The molecule has 2 aromatic carbocycles. The minimum Gasteiger partial charge on any atom is -0.484 e. The molecule has 6 rings (SSSR count). The van der Waals surface area contributed by atoms with Gasteiger partial charge in [0.05, 0.1) is 54.0 Å². The maximum Gasteiger partial charge on any atom is 0.411 e. The third kappa shape index (κ3) is 4.27. The molecule has 1 N–H and O–H groups in total.